The van der Waals surface area contributed by atoms with E-state index in [2.05, 4.69) is 10.3 Å². The second-order valence-corrected chi connectivity index (χ2v) is 6.09. The topological polar surface area (TPSA) is 102 Å². The van der Waals surface area contributed by atoms with E-state index >= 15 is 0 Å². The van der Waals surface area contributed by atoms with Gasteiger partial charge in [0.25, 0.3) is 5.91 Å². The molecule has 20 heavy (non-hydrogen) atoms. The number of pyridine rings is 1. The van der Waals surface area contributed by atoms with Crippen molar-refractivity contribution in [3.63, 3.8) is 0 Å². The van der Waals surface area contributed by atoms with Crippen LogP contribution in [0.15, 0.2) is 36.5 Å². The van der Waals surface area contributed by atoms with Crippen molar-refractivity contribution in [3.05, 3.63) is 42.1 Å². The standard InChI is InChI=1S/C13H15N3O3S/c14-20(18,19)9-3-8-16-13(17)11-6-1-4-10-5-2-7-15-12(10)11/h1-2,4-7H,3,8-9H2,(H,16,17)(H2,14,18,19). The first kappa shape index (κ1) is 14.4. The Labute approximate surface area is 117 Å². The van der Waals surface area contributed by atoms with Gasteiger partial charge >= 0.3 is 0 Å². The van der Waals surface area contributed by atoms with E-state index in [1.807, 2.05) is 12.1 Å². The molecule has 0 saturated heterocycles. The van der Waals surface area contributed by atoms with Crippen LogP contribution >= 0.6 is 0 Å². The predicted octanol–water partition coefficient (Wildman–Crippen LogP) is 0.643. The molecule has 0 radical (unpaired) electrons. The summed E-state index contributed by atoms with van der Waals surface area (Å²) in [4.78, 5) is 16.2. The van der Waals surface area contributed by atoms with Gasteiger partial charge in [-0.1, -0.05) is 18.2 Å². The Morgan fingerprint density at radius 1 is 1.25 bits per heavy atom. The van der Waals surface area contributed by atoms with Gasteiger partial charge in [0.05, 0.1) is 16.8 Å². The van der Waals surface area contributed by atoms with E-state index < -0.39 is 10.0 Å². The first-order chi connectivity index (χ1) is 9.47. The summed E-state index contributed by atoms with van der Waals surface area (Å²) >= 11 is 0. The molecule has 0 spiro atoms. The molecule has 0 aliphatic rings. The molecule has 3 N–H and O–H groups in total. The molecule has 2 rings (SSSR count). The van der Waals surface area contributed by atoms with Gasteiger partial charge in [-0.2, -0.15) is 0 Å². The number of hydrogen-bond donors (Lipinski definition) is 2. The zero-order valence-electron chi connectivity index (χ0n) is 10.7. The molecule has 0 aliphatic carbocycles. The van der Waals surface area contributed by atoms with Crippen LogP contribution in [0.2, 0.25) is 0 Å². The van der Waals surface area contributed by atoms with E-state index in [0.29, 0.717) is 11.1 Å². The summed E-state index contributed by atoms with van der Waals surface area (Å²) in [5.74, 6) is -0.426. The van der Waals surface area contributed by atoms with Gasteiger partial charge in [-0.25, -0.2) is 13.6 Å². The highest BCUT2D eigenvalue weighted by Gasteiger charge is 2.10. The maximum absolute atomic E-state index is 12.1. The number of nitrogens with one attached hydrogen (secondary N) is 1. The Hall–Kier alpha value is -1.99. The fourth-order valence-electron chi connectivity index (χ4n) is 1.86. The second kappa shape index (κ2) is 5.98. The molecule has 6 nitrogen and oxygen atoms in total. The minimum absolute atomic E-state index is 0.152. The van der Waals surface area contributed by atoms with Gasteiger partial charge in [0, 0.05) is 18.1 Å². The number of primary sulfonamides is 1. The van der Waals surface area contributed by atoms with Crippen molar-refractivity contribution in [2.45, 2.75) is 6.42 Å². The summed E-state index contributed by atoms with van der Waals surface area (Å²) in [6, 6.07) is 9.02. The van der Waals surface area contributed by atoms with Crippen LogP contribution in [0.5, 0.6) is 0 Å². The van der Waals surface area contributed by atoms with Crippen LogP contribution in [0, 0.1) is 0 Å². The van der Waals surface area contributed by atoms with Crippen molar-refractivity contribution < 1.29 is 13.2 Å². The summed E-state index contributed by atoms with van der Waals surface area (Å²) in [5, 5.41) is 8.43. The Balaban J connectivity index is 2.05. The summed E-state index contributed by atoms with van der Waals surface area (Å²) in [5.41, 5.74) is 1.10. The van der Waals surface area contributed by atoms with Gasteiger partial charge in [0.15, 0.2) is 0 Å². The maximum atomic E-state index is 12.1. The molecular weight excluding hydrogens is 278 g/mol. The number of nitrogens with two attached hydrogens (primary N) is 1. The fraction of sp³-hybridized carbons (Fsp3) is 0.231. The van der Waals surface area contributed by atoms with Crippen molar-refractivity contribution >= 4 is 26.8 Å². The van der Waals surface area contributed by atoms with E-state index in [0.717, 1.165) is 5.39 Å². The molecule has 7 heteroatoms. The Bertz CT molecular complexity index is 723. The molecule has 0 aliphatic heterocycles. The van der Waals surface area contributed by atoms with Gasteiger partial charge in [0.1, 0.15) is 0 Å². The molecule has 0 fully saturated rings. The molecular formula is C13H15N3O3S. The number of benzene rings is 1. The molecule has 2 aromatic rings. The first-order valence-electron chi connectivity index (χ1n) is 6.10. The highest BCUT2D eigenvalue weighted by atomic mass is 32.2. The normalized spacial score (nSPS) is 11.4. The van der Waals surface area contributed by atoms with E-state index in [9.17, 15) is 13.2 Å². The number of fused-ring (bicyclic) bond motifs is 1. The monoisotopic (exact) mass is 293 g/mol. The van der Waals surface area contributed by atoms with E-state index in [1.165, 1.54) is 0 Å². The Morgan fingerprint density at radius 3 is 2.75 bits per heavy atom. The number of amides is 1. The SMILES string of the molecule is NS(=O)(=O)CCCNC(=O)c1cccc2cccnc12. The average Bonchev–Trinajstić information content (AvgIpc) is 2.41. The number of para-hydroxylation sites is 1. The fourth-order valence-corrected chi connectivity index (χ4v) is 2.40. The van der Waals surface area contributed by atoms with Gasteiger partial charge < -0.3 is 5.32 Å². The van der Waals surface area contributed by atoms with Crippen LogP contribution in [-0.4, -0.2) is 31.6 Å². The van der Waals surface area contributed by atoms with Crippen molar-refractivity contribution in [2.75, 3.05) is 12.3 Å². The van der Waals surface area contributed by atoms with E-state index in [1.54, 1.807) is 24.4 Å². The van der Waals surface area contributed by atoms with E-state index in [4.69, 9.17) is 5.14 Å². The molecule has 1 heterocycles. The number of aromatic nitrogens is 1. The van der Waals surface area contributed by atoms with Crippen LogP contribution in [0.3, 0.4) is 0 Å². The van der Waals surface area contributed by atoms with Crippen LogP contribution in [0.25, 0.3) is 10.9 Å². The number of carbonyl (C=O) groups is 1. The third-order valence-electron chi connectivity index (χ3n) is 2.77. The maximum Gasteiger partial charge on any atom is 0.253 e. The van der Waals surface area contributed by atoms with Crippen LogP contribution in [0.4, 0.5) is 0 Å². The molecule has 0 atom stereocenters. The summed E-state index contributed by atoms with van der Waals surface area (Å²) in [6.07, 6.45) is 1.91. The number of rotatable bonds is 5. The highest BCUT2D eigenvalue weighted by Crippen LogP contribution is 2.15. The van der Waals surface area contributed by atoms with Crippen molar-refractivity contribution in [3.8, 4) is 0 Å². The zero-order valence-corrected chi connectivity index (χ0v) is 11.6. The lowest BCUT2D eigenvalue weighted by Gasteiger charge is -2.07. The van der Waals surface area contributed by atoms with Crippen molar-refractivity contribution in [1.29, 1.82) is 0 Å². The van der Waals surface area contributed by atoms with Crippen LogP contribution in [-0.2, 0) is 10.0 Å². The molecule has 1 aromatic heterocycles. The lowest BCUT2D eigenvalue weighted by Crippen LogP contribution is -2.27. The minimum atomic E-state index is -3.49. The number of nitrogens with zero attached hydrogens (tertiary/aromatic N) is 1. The molecule has 0 saturated carbocycles. The second-order valence-electron chi connectivity index (χ2n) is 4.36. The smallest absolute Gasteiger partial charge is 0.253 e. The number of hydrogen-bond acceptors (Lipinski definition) is 4. The molecule has 106 valence electrons. The van der Waals surface area contributed by atoms with Gasteiger partial charge in [-0.05, 0) is 18.6 Å². The third kappa shape index (κ3) is 3.75. The lowest BCUT2D eigenvalue weighted by molar-refractivity contribution is 0.0955. The molecule has 1 amide bonds. The van der Waals surface area contributed by atoms with Gasteiger partial charge in [-0.15, -0.1) is 0 Å². The van der Waals surface area contributed by atoms with E-state index in [-0.39, 0.29) is 24.6 Å². The Morgan fingerprint density at radius 2 is 2.00 bits per heavy atom. The Kier molecular flexibility index (Phi) is 4.31. The summed E-state index contributed by atoms with van der Waals surface area (Å²) < 4.78 is 21.6. The van der Waals surface area contributed by atoms with Gasteiger partial charge in [0.2, 0.25) is 10.0 Å². The predicted molar refractivity (Wildman–Crippen MR) is 76.7 cm³/mol. The largest absolute Gasteiger partial charge is 0.352 e. The molecule has 0 unspecified atom stereocenters. The zero-order chi connectivity index (χ0) is 14.6. The van der Waals surface area contributed by atoms with Crippen molar-refractivity contribution in [1.82, 2.24) is 10.3 Å². The quantitative estimate of drug-likeness (QED) is 0.790. The van der Waals surface area contributed by atoms with Crippen LogP contribution in [0.1, 0.15) is 16.8 Å². The number of carbonyl (C=O) groups excluding carboxylic acids is 1. The van der Waals surface area contributed by atoms with Crippen molar-refractivity contribution in [2.24, 2.45) is 5.14 Å². The van der Waals surface area contributed by atoms with Crippen LogP contribution < -0.4 is 10.5 Å². The average molecular weight is 293 g/mol. The van der Waals surface area contributed by atoms with Gasteiger partial charge in [-0.3, -0.25) is 9.78 Å². The lowest BCUT2D eigenvalue weighted by atomic mass is 10.1. The minimum Gasteiger partial charge on any atom is -0.352 e. The number of sulfonamides is 1. The first-order valence-corrected chi connectivity index (χ1v) is 7.81. The molecule has 0 bridgehead atoms. The summed E-state index contributed by atoms with van der Waals surface area (Å²) in [6.45, 7) is 0.248. The summed E-state index contributed by atoms with van der Waals surface area (Å²) in [7, 11) is -3.49. The highest BCUT2D eigenvalue weighted by molar-refractivity contribution is 7.89. The molecule has 1 aromatic carbocycles. The third-order valence-corrected chi connectivity index (χ3v) is 3.63.